The molecule has 0 heterocycles. The van der Waals surface area contributed by atoms with Crippen molar-refractivity contribution in [1.82, 2.24) is 0 Å². The first-order chi connectivity index (χ1) is 6.34. The summed E-state index contributed by atoms with van der Waals surface area (Å²) >= 11 is 0. The highest BCUT2D eigenvalue weighted by Crippen LogP contribution is 2.24. The summed E-state index contributed by atoms with van der Waals surface area (Å²) in [4.78, 5) is 0. The lowest BCUT2D eigenvalue weighted by atomic mass is 10.2. The Morgan fingerprint density at radius 3 is 2.08 bits per heavy atom. The molecule has 0 amide bonds. The van der Waals surface area contributed by atoms with Gasteiger partial charge in [0, 0.05) is 11.7 Å². The molecule has 0 radical (unpaired) electrons. The molecule has 1 nitrogen and oxygen atoms in total. The van der Waals surface area contributed by atoms with Crippen LogP contribution in [0.25, 0.3) is 0 Å². The largest absolute Gasteiger partial charge is 0.382 e. The molecule has 0 spiro atoms. The van der Waals surface area contributed by atoms with Crippen molar-refractivity contribution in [3.05, 3.63) is 29.8 Å². The smallest absolute Gasteiger partial charge is 0.0342 e. The zero-order valence-corrected chi connectivity index (χ0v) is 8.80. The summed E-state index contributed by atoms with van der Waals surface area (Å²) in [6.07, 6.45) is 2.68. The molecule has 1 heteroatoms. The molecule has 0 saturated heterocycles. The maximum absolute atomic E-state index is 3.44. The van der Waals surface area contributed by atoms with Gasteiger partial charge in [0.25, 0.3) is 0 Å². The maximum Gasteiger partial charge on any atom is 0.0342 e. The van der Waals surface area contributed by atoms with Gasteiger partial charge in [-0.3, -0.25) is 0 Å². The molecule has 1 aromatic carbocycles. The monoisotopic (exact) mass is 177 g/mol. The van der Waals surface area contributed by atoms with E-state index >= 15 is 0 Å². The van der Waals surface area contributed by atoms with Crippen LogP contribution >= 0.6 is 0 Å². The van der Waals surface area contributed by atoms with Gasteiger partial charge in [-0.2, -0.15) is 0 Å². The van der Waals surface area contributed by atoms with Crippen molar-refractivity contribution in [3.63, 3.8) is 0 Å². The fourth-order valence-corrected chi connectivity index (χ4v) is 1.11. The predicted octanol–water partition coefficient (Wildman–Crippen LogP) is 3.60. The Bertz CT molecular complexity index is 234. The van der Waals surface area contributed by atoms with Gasteiger partial charge in [0.2, 0.25) is 0 Å². The molecule has 0 aromatic heterocycles. The molecule has 2 rings (SSSR count). The molecule has 1 saturated carbocycles. The number of benzene rings is 1. The standard InChI is InChI=1S/C10H13N.C2H6/c1-8-2-4-9(5-3-8)11-10-6-7-10;1-2/h2-5,10-11H,6-7H2,1H3;1-2H3. The molecule has 0 bridgehead atoms. The van der Waals surface area contributed by atoms with Crippen molar-refractivity contribution in [2.45, 2.75) is 39.7 Å². The number of anilines is 1. The van der Waals surface area contributed by atoms with Gasteiger partial charge in [-0.25, -0.2) is 0 Å². The van der Waals surface area contributed by atoms with Crippen LogP contribution in [0, 0.1) is 6.92 Å². The molecule has 1 aliphatic carbocycles. The molecule has 0 atom stereocenters. The Labute approximate surface area is 81.2 Å². The van der Waals surface area contributed by atoms with E-state index in [0.717, 1.165) is 6.04 Å². The minimum absolute atomic E-state index is 0.762. The van der Waals surface area contributed by atoms with E-state index < -0.39 is 0 Å². The number of rotatable bonds is 2. The molecular formula is C12H19N. The Hall–Kier alpha value is -0.980. The molecule has 1 N–H and O–H groups in total. The van der Waals surface area contributed by atoms with Crippen molar-refractivity contribution < 1.29 is 0 Å². The van der Waals surface area contributed by atoms with Crippen LogP contribution < -0.4 is 5.32 Å². The molecule has 1 fully saturated rings. The molecule has 0 unspecified atom stereocenters. The van der Waals surface area contributed by atoms with Crippen LogP contribution in [0.2, 0.25) is 0 Å². The zero-order chi connectivity index (χ0) is 9.68. The van der Waals surface area contributed by atoms with Crippen LogP contribution in [0.1, 0.15) is 32.3 Å². The lowest BCUT2D eigenvalue weighted by molar-refractivity contribution is 1.15. The predicted molar refractivity (Wildman–Crippen MR) is 59.2 cm³/mol. The van der Waals surface area contributed by atoms with Crippen LogP contribution in [0.5, 0.6) is 0 Å². The van der Waals surface area contributed by atoms with E-state index in [1.54, 1.807) is 0 Å². The second-order valence-electron chi connectivity index (χ2n) is 3.28. The van der Waals surface area contributed by atoms with E-state index in [4.69, 9.17) is 0 Å². The maximum atomic E-state index is 3.44. The summed E-state index contributed by atoms with van der Waals surface area (Å²) in [6, 6.07) is 9.34. The van der Waals surface area contributed by atoms with Crippen LogP contribution in [0.3, 0.4) is 0 Å². The number of nitrogens with one attached hydrogen (secondary N) is 1. The molecule has 1 aromatic rings. The summed E-state index contributed by atoms with van der Waals surface area (Å²) in [5.41, 5.74) is 2.59. The van der Waals surface area contributed by atoms with E-state index in [1.807, 2.05) is 13.8 Å². The van der Waals surface area contributed by atoms with Crippen LogP contribution in [-0.4, -0.2) is 6.04 Å². The lowest BCUT2D eigenvalue weighted by Gasteiger charge is -2.03. The van der Waals surface area contributed by atoms with Gasteiger partial charge in [-0.05, 0) is 31.9 Å². The lowest BCUT2D eigenvalue weighted by Crippen LogP contribution is -1.99. The Morgan fingerprint density at radius 1 is 1.08 bits per heavy atom. The SMILES string of the molecule is CC.Cc1ccc(NC2CC2)cc1. The van der Waals surface area contributed by atoms with Gasteiger partial charge in [-0.1, -0.05) is 31.5 Å². The van der Waals surface area contributed by atoms with E-state index in [1.165, 1.54) is 24.1 Å². The van der Waals surface area contributed by atoms with Crippen molar-refractivity contribution >= 4 is 5.69 Å². The van der Waals surface area contributed by atoms with Gasteiger partial charge in [0.15, 0.2) is 0 Å². The topological polar surface area (TPSA) is 12.0 Å². The third kappa shape index (κ3) is 3.49. The highest BCUT2D eigenvalue weighted by atomic mass is 14.9. The molecule has 13 heavy (non-hydrogen) atoms. The molecule has 0 aliphatic heterocycles. The molecule has 72 valence electrons. The van der Waals surface area contributed by atoms with Crippen molar-refractivity contribution in [3.8, 4) is 0 Å². The second kappa shape index (κ2) is 4.90. The van der Waals surface area contributed by atoms with Gasteiger partial charge in [-0.15, -0.1) is 0 Å². The fourth-order valence-electron chi connectivity index (χ4n) is 1.11. The Balaban J connectivity index is 0.000000396. The van der Waals surface area contributed by atoms with Gasteiger partial charge in [0.1, 0.15) is 0 Å². The first-order valence-electron chi connectivity index (χ1n) is 5.18. The van der Waals surface area contributed by atoms with E-state index in [9.17, 15) is 0 Å². The number of aryl methyl sites for hydroxylation is 1. The highest BCUT2D eigenvalue weighted by Gasteiger charge is 2.20. The summed E-state index contributed by atoms with van der Waals surface area (Å²) in [6.45, 7) is 6.11. The highest BCUT2D eigenvalue weighted by molar-refractivity contribution is 5.46. The number of hydrogen-bond donors (Lipinski definition) is 1. The summed E-state index contributed by atoms with van der Waals surface area (Å²) in [5, 5.41) is 3.44. The molecule has 1 aliphatic rings. The summed E-state index contributed by atoms with van der Waals surface area (Å²) < 4.78 is 0. The normalized spacial score (nSPS) is 14.4. The third-order valence-corrected chi connectivity index (χ3v) is 2.00. The second-order valence-corrected chi connectivity index (χ2v) is 3.28. The fraction of sp³-hybridized carbons (Fsp3) is 0.500. The zero-order valence-electron chi connectivity index (χ0n) is 8.80. The van der Waals surface area contributed by atoms with E-state index in [2.05, 4.69) is 36.5 Å². The van der Waals surface area contributed by atoms with E-state index in [0.29, 0.717) is 0 Å². The average Bonchev–Trinajstić information content (AvgIpc) is 2.96. The Kier molecular flexibility index (Phi) is 3.81. The first-order valence-corrected chi connectivity index (χ1v) is 5.18. The van der Waals surface area contributed by atoms with E-state index in [-0.39, 0.29) is 0 Å². The van der Waals surface area contributed by atoms with Crippen LogP contribution in [-0.2, 0) is 0 Å². The quantitative estimate of drug-likeness (QED) is 0.728. The summed E-state index contributed by atoms with van der Waals surface area (Å²) in [5.74, 6) is 0. The van der Waals surface area contributed by atoms with Crippen molar-refractivity contribution in [2.75, 3.05) is 5.32 Å². The van der Waals surface area contributed by atoms with Gasteiger partial charge in [0.05, 0.1) is 0 Å². The van der Waals surface area contributed by atoms with Crippen molar-refractivity contribution in [2.24, 2.45) is 0 Å². The summed E-state index contributed by atoms with van der Waals surface area (Å²) in [7, 11) is 0. The Morgan fingerprint density at radius 2 is 1.62 bits per heavy atom. The van der Waals surface area contributed by atoms with Crippen LogP contribution in [0.15, 0.2) is 24.3 Å². The van der Waals surface area contributed by atoms with Crippen LogP contribution in [0.4, 0.5) is 5.69 Å². The van der Waals surface area contributed by atoms with Gasteiger partial charge < -0.3 is 5.32 Å². The average molecular weight is 177 g/mol. The molecular weight excluding hydrogens is 158 g/mol. The first kappa shape index (κ1) is 10.1. The minimum Gasteiger partial charge on any atom is -0.382 e. The number of hydrogen-bond acceptors (Lipinski definition) is 1. The van der Waals surface area contributed by atoms with Gasteiger partial charge >= 0.3 is 0 Å². The minimum atomic E-state index is 0.762. The van der Waals surface area contributed by atoms with Crippen molar-refractivity contribution in [1.29, 1.82) is 0 Å². The third-order valence-electron chi connectivity index (χ3n) is 2.00.